The van der Waals surface area contributed by atoms with Crippen molar-refractivity contribution in [2.75, 3.05) is 78.2 Å². The second kappa shape index (κ2) is 31.9. The van der Waals surface area contributed by atoms with E-state index in [1.165, 1.54) is 34.0 Å². The van der Waals surface area contributed by atoms with Crippen molar-refractivity contribution in [2.45, 2.75) is 67.2 Å². The van der Waals surface area contributed by atoms with E-state index in [-0.39, 0.29) is 24.1 Å². The third-order valence-electron chi connectivity index (χ3n) is 16.8. The Kier molecular flexibility index (Phi) is 22.5. The number of thiazole rings is 3. The van der Waals surface area contributed by atoms with Crippen molar-refractivity contribution in [1.29, 1.82) is 0 Å². The maximum absolute atomic E-state index is 12.4. The average Bonchev–Trinajstić information content (AvgIpc) is 1.53. The number of amides is 6. The Morgan fingerprint density at radius 1 is 0.490 bits per heavy atom. The molecule has 0 aliphatic carbocycles. The molecule has 6 amide bonds. The second-order valence-electron chi connectivity index (χ2n) is 23.9. The molecule has 2 saturated heterocycles. The Labute approximate surface area is 587 Å². The highest BCUT2D eigenvalue weighted by atomic mass is 32.1. The van der Waals surface area contributed by atoms with Gasteiger partial charge in [0.1, 0.15) is 0 Å². The number of piperidine rings is 2. The van der Waals surface area contributed by atoms with Gasteiger partial charge < -0.3 is 45.6 Å². The molecule has 0 unspecified atom stereocenters. The minimum absolute atomic E-state index is 0.133. The summed E-state index contributed by atoms with van der Waals surface area (Å²) in [7, 11) is -1.61. The summed E-state index contributed by atoms with van der Waals surface area (Å²) in [5, 5.41) is 46.3. The van der Waals surface area contributed by atoms with Gasteiger partial charge in [0.15, 0.2) is 15.4 Å². The number of fused-ring (bicyclic) bond motifs is 3. The van der Waals surface area contributed by atoms with Crippen LogP contribution in [-0.4, -0.2) is 155 Å². The van der Waals surface area contributed by atoms with E-state index in [0.717, 1.165) is 75.5 Å². The zero-order valence-electron chi connectivity index (χ0n) is 55.6. The molecule has 3 aromatic carbocycles. The lowest BCUT2D eigenvalue weighted by molar-refractivity contribution is -0.155. The highest BCUT2D eigenvalue weighted by Gasteiger charge is 2.40. The molecule has 8 aromatic heterocycles. The van der Waals surface area contributed by atoms with Crippen LogP contribution in [0.5, 0.6) is 0 Å². The molecule has 13 rings (SSSR count). The number of esters is 1. The Hall–Kier alpha value is -10.7. The normalized spacial score (nSPS) is 13.8. The lowest BCUT2D eigenvalue weighted by atomic mass is 9.79. The number of rotatable bonds is 17. The molecule has 0 radical (unpaired) electrons. The summed E-state index contributed by atoms with van der Waals surface area (Å²) in [6.07, 6.45) is 14.8. The van der Waals surface area contributed by atoms with Gasteiger partial charge in [-0.3, -0.25) is 40.5 Å². The minimum atomic E-state index is -1.61. The van der Waals surface area contributed by atoms with E-state index in [1.54, 1.807) is 56.1 Å². The number of carboxylic acid groups (broad SMARTS) is 1. The van der Waals surface area contributed by atoms with Crippen molar-refractivity contribution in [3.63, 3.8) is 0 Å². The van der Waals surface area contributed by atoms with Crippen LogP contribution in [0.1, 0.15) is 67.2 Å². The van der Waals surface area contributed by atoms with Crippen LogP contribution in [0, 0.1) is 10.8 Å². The van der Waals surface area contributed by atoms with Crippen molar-refractivity contribution in [3.8, 4) is 56.0 Å². The van der Waals surface area contributed by atoms with Gasteiger partial charge in [0, 0.05) is 117 Å². The molecule has 2 aliphatic heterocycles. The van der Waals surface area contributed by atoms with Crippen LogP contribution < -0.4 is 47.2 Å². The summed E-state index contributed by atoms with van der Waals surface area (Å²) >= 11 is 4.11. The van der Waals surface area contributed by atoms with Gasteiger partial charge in [-0.2, -0.15) is 0 Å². The number of urea groups is 3. The molecule has 31 heteroatoms. The highest BCUT2D eigenvalue weighted by Crippen LogP contribution is 2.42. The maximum atomic E-state index is 12.4. The number of aliphatic carboxylic acids is 1. The standard InChI is InChI=1S/C28H31N7O3S.C26H27N7O3S.C15H15BN4O3S/c1-4-29-26(37)34-27-33-22-15-18(14-20(23(22)39-27)21-8-6-7-11-30-21)19-16-31-25(32-17-19)35-12-9-28(3,10-13-35)24(36)38-5-2;1-3-27-24(36)32-25-31-20-13-16(12-18(21(20)37-25)19-6-4-5-9-28-19)17-14-29-23(30-15-17)33-10-7-26(2,8-11-33)22(34)35;1-2-17-14(21)20-15-19-12-8-9(16(22)23)7-10(13(12)24-15)11-5-3-4-6-18-11/h6-8,11,14-17H,4-5,9-10,12-13H2,1-3H3,(H2,29,33,34,37);4-6,9,12-15H,3,7-8,10-11H2,1-2H3,(H,34,35)(H2,27,31,32,36);3-8,22-23H,2H2,1H3,(H2,17,19,20,21). The van der Waals surface area contributed by atoms with Crippen LogP contribution >= 0.6 is 34.0 Å². The fourth-order valence-electron chi connectivity index (χ4n) is 11.2. The van der Waals surface area contributed by atoms with Gasteiger partial charge in [0.05, 0.1) is 65.2 Å². The van der Waals surface area contributed by atoms with E-state index in [1.807, 2.05) is 119 Å². The Morgan fingerprint density at radius 3 is 1.18 bits per heavy atom. The van der Waals surface area contributed by atoms with Crippen molar-refractivity contribution in [3.05, 3.63) is 134 Å². The van der Waals surface area contributed by atoms with Crippen molar-refractivity contribution in [2.24, 2.45) is 10.8 Å². The largest absolute Gasteiger partial charge is 0.488 e. The zero-order valence-corrected chi connectivity index (χ0v) is 58.1. The Morgan fingerprint density at radius 2 is 0.850 bits per heavy atom. The Bertz CT molecular complexity index is 4690. The molecule has 0 bridgehead atoms. The number of hydrogen-bond acceptors (Lipinski definition) is 23. The number of carboxylic acids is 1. The molecule has 2 fully saturated rings. The molecular weight excluding hydrogens is 1330 g/mol. The van der Waals surface area contributed by atoms with E-state index in [4.69, 9.17) is 4.74 Å². The number of benzene rings is 3. The lowest BCUT2D eigenvalue weighted by Crippen LogP contribution is -2.44. The van der Waals surface area contributed by atoms with Gasteiger partial charge in [-0.1, -0.05) is 58.3 Å². The number of nitrogens with zero attached hydrogens (tertiary/aromatic N) is 12. The number of ether oxygens (including phenoxy) is 1. The Balaban J connectivity index is 0.000000156. The van der Waals surface area contributed by atoms with E-state index in [2.05, 4.69) is 92.7 Å². The van der Waals surface area contributed by atoms with Gasteiger partial charge in [-0.15, -0.1) is 0 Å². The van der Waals surface area contributed by atoms with E-state index >= 15 is 0 Å². The van der Waals surface area contributed by atoms with Crippen LogP contribution in [0.4, 0.5) is 41.7 Å². The molecule has 11 aromatic rings. The summed E-state index contributed by atoms with van der Waals surface area (Å²) in [5.41, 5.74) is 9.52. The second-order valence-corrected chi connectivity index (χ2v) is 26.9. The molecule has 514 valence electrons. The number of aromatic nitrogens is 10. The summed E-state index contributed by atoms with van der Waals surface area (Å²) < 4.78 is 7.93. The molecule has 9 N–H and O–H groups in total. The maximum Gasteiger partial charge on any atom is 0.488 e. The van der Waals surface area contributed by atoms with Gasteiger partial charge in [-0.25, -0.2) is 49.3 Å². The molecule has 0 saturated carbocycles. The van der Waals surface area contributed by atoms with E-state index in [0.29, 0.717) is 122 Å². The van der Waals surface area contributed by atoms with E-state index < -0.39 is 23.9 Å². The molecular formula is C69H73BN18O9S3. The van der Waals surface area contributed by atoms with Crippen LogP contribution in [0.3, 0.4) is 0 Å². The molecule has 10 heterocycles. The molecule has 0 atom stereocenters. The highest BCUT2D eigenvalue weighted by molar-refractivity contribution is 7.23. The minimum Gasteiger partial charge on any atom is -0.481 e. The third kappa shape index (κ3) is 16.7. The zero-order chi connectivity index (χ0) is 70.5. The van der Waals surface area contributed by atoms with Crippen LogP contribution in [-0.2, 0) is 14.3 Å². The first-order valence-electron chi connectivity index (χ1n) is 32.5. The van der Waals surface area contributed by atoms with Crippen molar-refractivity contribution < 1.29 is 43.9 Å². The first-order chi connectivity index (χ1) is 48.3. The van der Waals surface area contributed by atoms with Crippen LogP contribution in [0.15, 0.2) is 134 Å². The van der Waals surface area contributed by atoms with Gasteiger partial charge in [0.25, 0.3) is 0 Å². The smallest absolute Gasteiger partial charge is 0.481 e. The SMILES string of the molecule is CCNC(=O)Nc1nc2cc(-c3cnc(N4CCC(C)(C(=O)O)CC4)nc3)cc(-c3ccccn3)c2s1.CCNC(=O)Nc1nc2cc(-c3cnc(N4CCC(C)(C(=O)OCC)CC4)nc3)cc(-c3ccccn3)c2s1.CCNC(=O)Nc1nc2cc(B(O)O)cc(-c3ccccn3)c2s1. The first-order valence-corrected chi connectivity index (χ1v) is 34.9. The molecule has 2 aliphatic rings. The topological polar surface area (TPSA) is 363 Å². The van der Waals surface area contributed by atoms with Gasteiger partial charge in [0.2, 0.25) is 11.9 Å². The number of anilines is 5. The fraction of sp³-hybridized carbons (Fsp3) is 0.290. The summed E-state index contributed by atoms with van der Waals surface area (Å²) in [6, 6.07) is 27.4. The summed E-state index contributed by atoms with van der Waals surface area (Å²) in [5.74, 6) is 0.336. The fourth-order valence-corrected chi connectivity index (χ4v) is 14.1. The number of pyridine rings is 3. The number of hydrogen-bond donors (Lipinski definition) is 9. The van der Waals surface area contributed by atoms with Crippen LogP contribution in [0.2, 0.25) is 0 Å². The summed E-state index contributed by atoms with van der Waals surface area (Å²) in [4.78, 5) is 109. The third-order valence-corrected chi connectivity index (χ3v) is 19.9. The van der Waals surface area contributed by atoms with Gasteiger partial charge in [-0.05, 0) is 151 Å². The predicted octanol–water partition coefficient (Wildman–Crippen LogP) is 11.0. The monoisotopic (exact) mass is 1400 g/mol. The molecule has 100 heavy (non-hydrogen) atoms. The van der Waals surface area contributed by atoms with Crippen LogP contribution in [0.25, 0.3) is 86.7 Å². The number of nitrogens with one attached hydrogen (secondary N) is 6. The first kappa shape index (κ1) is 70.6. The van der Waals surface area contributed by atoms with Crippen molar-refractivity contribution >= 4 is 135 Å². The van der Waals surface area contributed by atoms with Gasteiger partial charge >= 0.3 is 37.2 Å². The average molecular weight is 1410 g/mol. The molecule has 27 nitrogen and oxygen atoms in total. The predicted molar refractivity (Wildman–Crippen MR) is 392 cm³/mol. The summed E-state index contributed by atoms with van der Waals surface area (Å²) in [6.45, 7) is 15.7. The van der Waals surface area contributed by atoms with E-state index in [9.17, 15) is 39.1 Å². The molecule has 0 spiro atoms. The lowest BCUT2D eigenvalue weighted by Gasteiger charge is -2.37. The van der Waals surface area contributed by atoms with Crippen molar-refractivity contribution in [1.82, 2.24) is 65.8 Å². The quantitative estimate of drug-likeness (QED) is 0.0302. The number of carbonyl (C=O) groups excluding carboxylic acids is 4. The number of carbonyl (C=O) groups is 5.